The molecule has 1 N–H and O–H groups in total. The summed E-state index contributed by atoms with van der Waals surface area (Å²) >= 11 is 0. The van der Waals surface area contributed by atoms with Gasteiger partial charge in [-0.25, -0.2) is 8.42 Å². The number of amides is 1. The maximum absolute atomic E-state index is 13.1. The van der Waals surface area contributed by atoms with Crippen LogP contribution in [0.15, 0.2) is 90.0 Å². The third-order valence-electron chi connectivity index (χ3n) is 6.55. The quantitative estimate of drug-likeness (QED) is 0.417. The van der Waals surface area contributed by atoms with Gasteiger partial charge in [-0.05, 0) is 54.6 Å². The first-order valence-electron chi connectivity index (χ1n) is 12.1. The fourth-order valence-electron chi connectivity index (χ4n) is 4.50. The number of aromatic nitrogens is 1. The third kappa shape index (κ3) is 5.22. The van der Waals surface area contributed by atoms with Crippen molar-refractivity contribution in [2.45, 2.75) is 4.90 Å². The summed E-state index contributed by atoms with van der Waals surface area (Å²) in [6, 6.07) is 23.6. The van der Waals surface area contributed by atoms with Crippen molar-refractivity contribution in [1.29, 1.82) is 0 Å². The van der Waals surface area contributed by atoms with E-state index in [2.05, 4.69) is 43.8 Å². The molecule has 37 heavy (non-hydrogen) atoms. The Hall–Kier alpha value is -4.11. The van der Waals surface area contributed by atoms with Gasteiger partial charge in [0.2, 0.25) is 0 Å². The molecule has 1 saturated heterocycles. The van der Waals surface area contributed by atoms with Gasteiger partial charge in [0.15, 0.2) is 0 Å². The number of anilines is 3. The van der Waals surface area contributed by atoms with Crippen LogP contribution in [-0.4, -0.2) is 64.5 Å². The maximum atomic E-state index is 13.1. The smallest absolute Gasteiger partial charge is 0.264 e. The molecule has 1 aromatic heterocycles. The summed E-state index contributed by atoms with van der Waals surface area (Å²) in [6.45, 7) is 2.74. The van der Waals surface area contributed by atoms with E-state index in [9.17, 15) is 13.2 Å². The van der Waals surface area contributed by atoms with Crippen molar-refractivity contribution in [3.05, 3.63) is 90.6 Å². The molecule has 0 bridgehead atoms. The molecule has 0 spiro atoms. The van der Waals surface area contributed by atoms with Crippen LogP contribution in [0.5, 0.6) is 0 Å². The average Bonchev–Trinajstić information content (AvgIpc) is 2.92. The van der Waals surface area contributed by atoms with E-state index < -0.39 is 10.0 Å². The lowest BCUT2D eigenvalue weighted by Crippen LogP contribution is -2.48. The molecule has 0 atom stereocenters. The highest BCUT2D eigenvalue weighted by Crippen LogP contribution is 2.25. The van der Waals surface area contributed by atoms with Crippen LogP contribution in [0.1, 0.15) is 10.4 Å². The van der Waals surface area contributed by atoms with E-state index in [1.807, 2.05) is 31.1 Å². The number of para-hydroxylation sites is 1. The maximum Gasteiger partial charge on any atom is 0.264 e. The van der Waals surface area contributed by atoms with Crippen molar-refractivity contribution in [3.8, 4) is 0 Å². The molecule has 190 valence electrons. The zero-order chi connectivity index (χ0) is 26.0. The van der Waals surface area contributed by atoms with E-state index in [-0.39, 0.29) is 10.8 Å². The van der Waals surface area contributed by atoms with E-state index in [0.29, 0.717) is 29.9 Å². The predicted molar refractivity (Wildman–Crippen MR) is 148 cm³/mol. The summed E-state index contributed by atoms with van der Waals surface area (Å²) in [7, 11) is 0.190. The highest BCUT2D eigenvalue weighted by atomic mass is 32.2. The lowest BCUT2D eigenvalue weighted by Gasteiger charge is -2.36. The molecule has 0 saturated carbocycles. The SMILES string of the molecule is CN(C)c1cccc(N2CCN(C(=O)c3ccc(NS(=O)(=O)c4cccc5cccnc45)cc3)CC2)c1. The van der Waals surface area contributed by atoms with Gasteiger partial charge in [-0.3, -0.25) is 14.5 Å². The van der Waals surface area contributed by atoms with Crippen molar-refractivity contribution in [1.82, 2.24) is 9.88 Å². The Morgan fingerprint density at radius 1 is 0.892 bits per heavy atom. The number of pyridine rings is 1. The second-order valence-electron chi connectivity index (χ2n) is 9.21. The van der Waals surface area contributed by atoms with Crippen LogP contribution in [0.4, 0.5) is 17.1 Å². The lowest BCUT2D eigenvalue weighted by atomic mass is 10.1. The summed E-state index contributed by atoms with van der Waals surface area (Å²) < 4.78 is 28.7. The van der Waals surface area contributed by atoms with Crippen LogP contribution in [0.2, 0.25) is 0 Å². The van der Waals surface area contributed by atoms with E-state index in [1.165, 1.54) is 6.07 Å². The van der Waals surface area contributed by atoms with Crippen molar-refractivity contribution < 1.29 is 13.2 Å². The Labute approximate surface area is 217 Å². The van der Waals surface area contributed by atoms with Gasteiger partial charge in [0.05, 0.1) is 5.52 Å². The third-order valence-corrected chi connectivity index (χ3v) is 7.96. The minimum atomic E-state index is -3.85. The molecule has 1 aliphatic heterocycles. The minimum Gasteiger partial charge on any atom is -0.378 e. The van der Waals surface area contributed by atoms with Gasteiger partial charge in [0.1, 0.15) is 4.90 Å². The number of sulfonamides is 1. The minimum absolute atomic E-state index is 0.0608. The van der Waals surface area contributed by atoms with Gasteiger partial charge in [-0.1, -0.05) is 24.3 Å². The largest absolute Gasteiger partial charge is 0.378 e. The zero-order valence-electron chi connectivity index (χ0n) is 20.8. The highest BCUT2D eigenvalue weighted by Gasteiger charge is 2.23. The fraction of sp³-hybridized carbons (Fsp3) is 0.214. The second kappa shape index (κ2) is 10.1. The van der Waals surface area contributed by atoms with Gasteiger partial charge in [0.25, 0.3) is 15.9 Å². The zero-order valence-corrected chi connectivity index (χ0v) is 21.6. The number of nitrogens with one attached hydrogen (secondary N) is 1. The first kappa shape index (κ1) is 24.6. The van der Waals surface area contributed by atoms with Gasteiger partial charge in [-0.15, -0.1) is 0 Å². The number of hydrogen-bond donors (Lipinski definition) is 1. The molecule has 3 aromatic carbocycles. The first-order valence-corrected chi connectivity index (χ1v) is 13.6. The van der Waals surface area contributed by atoms with Gasteiger partial charge in [-0.2, -0.15) is 0 Å². The van der Waals surface area contributed by atoms with Crippen LogP contribution < -0.4 is 14.5 Å². The molecule has 1 amide bonds. The molecule has 1 aliphatic rings. The molecule has 4 aromatic rings. The number of carbonyl (C=O) groups excluding carboxylic acids is 1. The fourth-order valence-corrected chi connectivity index (χ4v) is 5.74. The van der Waals surface area contributed by atoms with Crippen LogP contribution in [-0.2, 0) is 10.0 Å². The predicted octanol–water partition coefficient (Wildman–Crippen LogP) is 4.06. The van der Waals surface area contributed by atoms with Crippen molar-refractivity contribution >= 4 is 43.9 Å². The number of fused-ring (bicyclic) bond motifs is 1. The van der Waals surface area contributed by atoms with Crippen LogP contribution >= 0.6 is 0 Å². The second-order valence-corrected chi connectivity index (χ2v) is 10.9. The molecule has 5 rings (SSSR count). The summed E-state index contributed by atoms with van der Waals surface area (Å²) in [5, 5.41) is 0.747. The topological polar surface area (TPSA) is 85.9 Å². The number of carbonyl (C=O) groups is 1. The van der Waals surface area contributed by atoms with Crippen LogP contribution in [0.3, 0.4) is 0 Å². The average molecular weight is 516 g/mol. The van der Waals surface area contributed by atoms with Crippen LogP contribution in [0.25, 0.3) is 10.9 Å². The van der Waals surface area contributed by atoms with E-state index in [4.69, 9.17) is 0 Å². The number of benzene rings is 3. The Balaban J connectivity index is 1.24. The van der Waals surface area contributed by atoms with Gasteiger partial charge < -0.3 is 14.7 Å². The van der Waals surface area contributed by atoms with E-state index in [1.54, 1.807) is 42.6 Å². The molecule has 2 heterocycles. The Morgan fingerprint density at radius 2 is 1.59 bits per heavy atom. The molecular weight excluding hydrogens is 486 g/mol. The molecule has 1 fully saturated rings. The number of nitrogens with zero attached hydrogens (tertiary/aromatic N) is 4. The normalized spacial score (nSPS) is 14.0. The molecule has 0 unspecified atom stereocenters. The summed E-state index contributed by atoms with van der Waals surface area (Å²) in [5.41, 5.74) is 3.62. The molecular formula is C28H29N5O3S. The number of piperazine rings is 1. The summed E-state index contributed by atoms with van der Waals surface area (Å²) in [4.78, 5) is 23.7. The van der Waals surface area contributed by atoms with Gasteiger partial charge >= 0.3 is 0 Å². The summed E-state index contributed by atoms with van der Waals surface area (Å²) in [6.07, 6.45) is 1.57. The van der Waals surface area contributed by atoms with Crippen molar-refractivity contribution in [2.75, 3.05) is 54.8 Å². The molecule has 0 aliphatic carbocycles. The lowest BCUT2D eigenvalue weighted by molar-refractivity contribution is 0.0747. The summed E-state index contributed by atoms with van der Waals surface area (Å²) in [5.74, 6) is -0.0608. The standard InChI is InChI=1S/C28H29N5O3S/c1-31(2)24-8-4-9-25(20-24)32-16-18-33(19-17-32)28(34)22-11-13-23(14-12-22)30-37(35,36)26-10-3-6-21-7-5-15-29-27(21)26/h3-15,20,30H,16-19H2,1-2H3. The Bertz CT molecular complexity index is 1520. The monoisotopic (exact) mass is 515 g/mol. The first-order chi connectivity index (χ1) is 17.8. The van der Waals surface area contributed by atoms with Crippen molar-refractivity contribution in [3.63, 3.8) is 0 Å². The highest BCUT2D eigenvalue weighted by molar-refractivity contribution is 7.93. The molecule has 0 radical (unpaired) electrons. The number of rotatable bonds is 6. The number of hydrogen-bond acceptors (Lipinski definition) is 6. The Kier molecular flexibility index (Phi) is 6.71. The molecule has 9 heteroatoms. The Morgan fingerprint density at radius 3 is 2.32 bits per heavy atom. The van der Waals surface area contributed by atoms with Gasteiger partial charge in [0, 0.05) is 74.5 Å². The molecule has 8 nitrogen and oxygen atoms in total. The van der Waals surface area contributed by atoms with Crippen LogP contribution in [0, 0.1) is 0 Å². The van der Waals surface area contributed by atoms with E-state index in [0.717, 1.165) is 29.9 Å². The van der Waals surface area contributed by atoms with E-state index >= 15 is 0 Å². The van der Waals surface area contributed by atoms with Crippen molar-refractivity contribution in [2.24, 2.45) is 0 Å².